The Morgan fingerprint density at radius 1 is 0.351 bits per heavy atom. The quantitative estimate of drug-likeness (QED) is 0.0165. The second kappa shape index (κ2) is 42.1. The van der Waals surface area contributed by atoms with Crippen molar-refractivity contribution in [1.29, 1.82) is 0 Å². The number of pyridine rings is 4. The van der Waals surface area contributed by atoms with E-state index in [-0.39, 0.29) is 56.6 Å². The lowest BCUT2D eigenvalue weighted by molar-refractivity contribution is 0.0591. The summed E-state index contributed by atoms with van der Waals surface area (Å²) in [5, 5.41) is 46.0. The Balaban J connectivity index is 0.000000223. The number of carboxylic acids is 2. The van der Waals surface area contributed by atoms with Gasteiger partial charge in [-0.25, -0.2) is 43.9 Å². The third-order valence-electron chi connectivity index (χ3n) is 17.5. The van der Waals surface area contributed by atoms with Gasteiger partial charge in [0.25, 0.3) is 17.7 Å². The van der Waals surface area contributed by atoms with Gasteiger partial charge in [-0.05, 0) is 240 Å². The molecule has 0 aliphatic rings. The molecule has 114 heavy (non-hydrogen) atoms. The molecule has 0 aliphatic heterocycles. The molecule has 0 spiro atoms. The van der Waals surface area contributed by atoms with Crippen LogP contribution in [0, 0.1) is 83.1 Å². The van der Waals surface area contributed by atoms with Gasteiger partial charge in [0.2, 0.25) is 0 Å². The van der Waals surface area contributed by atoms with Gasteiger partial charge in [0.05, 0.1) is 55.0 Å². The van der Waals surface area contributed by atoms with Crippen LogP contribution in [0.4, 0.5) is 22.7 Å². The molecule has 590 valence electrons. The number of rotatable bonds is 14. The van der Waals surface area contributed by atoms with Gasteiger partial charge in [-0.1, -0.05) is 143 Å². The molecule has 4 aromatic heterocycles. The summed E-state index contributed by atoms with van der Waals surface area (Å²) < 4.78 is 14.2. The van der Waals surface area contributed by atoms with Crippen LogP contribution in [0.25, 0.3) is 22.5 Å². The number of hydrogen-bond acceptors (Lipinski definition) is 18. The maximum atomic E-state index is 13.0. The number of amides is 3. The van der Waals surface area contributed by atoms with E-state index in [0.717, 1.165) is 50.1 Å². The van der Waals surface area contributed by atoms with Gasteiger partial charge in [-0.3, -0.25) is 14.4 Å². The number of nitrogen functional groups attached to an aromatic ring is 1. The van der Waals surface area contributed by atoms with Gasteiger partial charge >= 0.3 is 37.0 Å². The number of aromatic carboxylic acids is 2. The fraction of sp³-hybridized carbons (Fsp3) is 0.176. The summed E-state index contributed by atoms with van der Waals surface area (Å²) in [6.45, 7) is 21.6. The van der Waals surface area contributed by atoms with Crippen molar-refractivity contribution >= 4 is 141 Å². The number of nitrogens with zero attached hydrogens (tertiary/aromatic N) is 4. The molecule has 11 aromatic rings. The minimum atomic E-state index is -1.43. The summed E-state index contributed by atoms with van der Waals surface area (Å²) in [4.78, 5) is 112. The zero-order valence-corrected chi connectivity index (χ0v) is 68.6. The Morgan fingerprint density at radius 3 is 1.00 bits per heavy atom. The minimum Gasteiger partial charge on any atom is -0.478 e. The number of halogens is 5. The van der Waals surface area contributed by atoms with Crippen molar-refractivity contribution in [2.75, 3.05) is 43.0 Å². The number of methoxy groups -OCH3 is 3. The highest BCUT2D eigenvalue weighted by Gasteiger charge is 2.23. The van der Waals surface area contributed by atoms with Crippen LogP contribution in [0.1, 0.15) is 150 Å². The Labute approximate surface area is 685 Å². The summed E-state index contributed by atoms with van der Waals surface area (Å²) in [5.74, 6) is -4.43. The van der Waals surface area contributed by atoms with Crippen molar-refractivity contribution < 1.29 is 72.8 Å². The molecule has 0 bridgehead atoms. The number of aryl methyl sites for hydroxylation is 8. The summed E-state index contributed by atoms with van der Waals surface area (Å²) in [6, 6.07) is 48.5. The topological polar surface area (TPSA) is 359 Å². The van der Waals surface area contributed by atoms with Gasteiger partial charge < -0.3 is 56.2 Å². The van der Waals surface area contributed by atoms with Crippen molar-refractivity contribution in [3.05, 3.63) is 307 Å². The van der Waals surface area contributed by atoms with E-state index in [9.17, 15) is 43.5 Å². The lowest BCUT2D eigenvalue weighted by Gasteiger charge is -2.15. The largest absolute Gasteiger partial charge is 0.488 e. The van der Waals surface area contributed by atoms with E-state index < -0.39 is 31.0 Å². The highest BCUT2D eigenvalue weighted by atomic mass is 35.5. The molecule has 0 radical (unpaired) electrons. The summed E-state index contributed by atoms with van der Waals surface area (Å²) >= 11 is 28.8. The summed E-state index contributed by atoms with van der Waals surface area (Å²) in [7, 11) is 2.57. The van der Waals surface area contributed by atoms with E-state index in [1.807, 2.05) is 96.1 Å². The first kappa shape index (κ1) is 91.0. The molecule has 4 heterocycles. The van der Waals surface area contributed by atoms with Gasteiger partial charge in [-0.15, -0.1) is 0 Å². The lowest BCUT2D eigenvalue weighted by atomic mass is 9.81. The van der Waals surface area contributed by atoms with Gasteiger partial charge in [0.15, 0.2) is 5.69 Å². The van der Waals surface area contributed by atoms with Gasteiger partial charge in [0, 0.05) is 48.9 Å². The molecule has 0 aliphatic carbocycles. The maximum absolute atomic E-state index is 13.0. The molecule has 3 amide bonds. The number of carbonyl (C=O) groups excluding carboxylic acids is 6. The molecule has 23 nitrogen and oxygen atoms in total. The molecule has 0 saturated carbocycles. The molecule has 11 rings (SSSR count). The number of carboxylic acid groups (broad SMARTS) is 2. The normalized spacial score (nSPS) is 10.2. The second-order valence-electron chi connectivity index (χ2n) is 25.5. The lowest BCUT2D eigenvalue weighted by Crippen LogP contribution is -2.29. The van der Waals surface area contributed by atoms with E-state index in [1.54, 1.807) is 145 Å². The van der Waals surface area contributed by atoms with Crippen molar-refractivity contribution in [2.45, 2.75) is 83.1 Å². The highest BCUT2D eigenvalue weighted by Crippen LogP contribution is 2.31. The molecule has 29 heteroatoms. The number of esters is 3. The fourth-order valence-electron chi connectivity index (χ4n) is 10.9. The number of hydrogen-bond donors (Lipinski definition) is 8. The first-order chi connectivity index (χ1) is 53.8. The first-order valence-electron chi connectivity index (χ1n) is 34.5. The number of aromatic nitrogens is 4. The number of ether oxygens (including phenoxy) is 3. The number of anilines is 4. The van der Waals surface area contributed by atoms with Crippen LogP contribution >= 0.6 is 58.0 Å². The molecule has 0 saturated heterocycles. The zero-order chi connectivity index (χ0) is 84.7. The van der Waals surface area contributed by atoms with E-state index >= 15 is 0 Å². The SMILES string of the molecule is COC(=O)c1ccc(C)c(N)c1C.COC(=O)c1ccc(C)c(NC(=O)c2nc(-c3ccc(Cl)cc3)ccc2C)c1C.COC(=O)c1ccc(C)c(NC(=O)c2nc(Cl)ccc2C)c1C.Cc1ccc(-c2ccc(Cl)cc2)nc1C(=O)Nc1c(C)ccc(C(=O)O)c1C.Cc1ccc(Cl)nc1C(=O)O.OB(O)c1cccc(Cl)c1. The van der Waals surface area contributed by atoms with Crippen LogP contribution in [0.2, 0.25) is 25.4 Å². The Morgan fingerprint density at radius 2 is 0.667 bits per heavy atom. The van der Waals surface area contributed by atoms with Crippen molar-refractivity contribution in [1.82, 2.24) is 19.9 Å². The monoisotopic (exact) mass is 1640 g/mol. The average molecular weight is 1640 g/mol. The summed E-state index contributed by atoms with van der Waals surface area (Å²) in [5.41, 5.74) is 22.7. The van der Waals surface area contributed by atoms with Crippen molar-refractivity contribution in [3.63, 3.8) is 0 Å². The van der Waals surface area contributed by atoms with Crippen molar-refractivity contribution in [2.24, 2.45) is 0 Å². The van der Waals surface area contributed by atoms with Crippen LogP contribution in [0.15, 0.2) is 170 Å². The smallest absolute Gasteiger partial charge is 0.478 e. The highest BCUT2D eigenvalue weighted by molar-refractivity contribution is 6.59. The van der Waals surface area contributed by atoms with Gasteiger partial charge in [0.1, 0.15) is 27.4 Å². The second-order valence-corrected chi connectivity index (χ2v) is 27.6. The van der Waals surface area contributed by atoms with Crippen LogP contribution in [-0.2, 0) is 14.2 Å². The van der Waals surface area contributed by atoms with Crippen LogP contribution in [0.5, 0.6) is 0 Å². The van der Waals surface area contributed by atoms with E-state index in [1.165, 1.54) is 33.5 Å². The van der Waals surface area contributed by atoms with E-state index in [0.29, 0.717) is 105 Å². The molecular weight excluding hydrogens is 1560 g/mol. The third-order valence-corrected chi connectivity index (χ3v) is 18.7. The fourth-order valence-corrected chi connectivity index (χ4v) is 11.7. The Kier molecular flexibility index (Phi) is 33.6. The van der Waals surface area contributed by atoms with Crippen LogP contribution < -0.4 is 27.1 Å². The third kappa shape index (κ3) is 24.6. The first-order valence-corrected chi connectivity index (χ1v) is 36.4. The van der Waals surface area contributed by atoms with E-state index in [2.05, 4.69) is 40.6 Å². The maximum Gasteiger partial charge on any atom is 0.488 e. The Hall–Kier alpha value is -11.9. The summed E-state index contributed by atoms with van der Waals surface area (Å²) in [6.07, 6.45) is 0. The predicted molar refractivity (Wildman–Crippen MR) is 448 cm³/mol. The molecular formula is C85H82BCl5N8O15. The zero-order valence-electron chi connectivity index (χ0n) is 64.8. The number of carbonyl (C=O) groups is 8. The predicted octanol–water partition coefficient (Wildman–Crippen LogP) is 17.8. The molecule has 7 aromatic carbocycles. The standard InChI is InChI=1S/C23H21ClN2O3.C22H19ClN2O3.C17H17ClN2O3.C10H13NO2.C7H6ClNO2.C6H6BClO2/c1-13-5-11-18(23(28)29-4)15(3)20(13)26-22(27)21-14(2)6-12-19(25-21)16-7-9-17(24)10-8-16;1-12-4-10-17(22(27)28)14(3)19(12)25-21(26)20-13(2)5-11-18(24-20)15-6-8-16(23)9-7-15;1-9-5-7-12(17(22)23-4)11(3)14(9)20-16(21)15-10(2)6-8-13(18)19-15;1-6-4-5-8(10(12)13-3)7(2)9(6)11;1-4-2-3-5(8)9-6(4)7(10)11;8-6-3-1-2-5(4-6)7(9)10/h5-12H,1-4H3,(H,26,27);4-11H,1-3H3,(H,25,26)(H,27,28);5-8H,1-4H3,(H,20,21);4-5H,11H2,1-3H3;2-3H,1H3,(H,10,11);1-4,9-10H. The van der Waals surface area contributed by atoms with Crippen LogP contribution in [0.3, 0.4) is 0 Å². The number of nitrogens with two attached hydrogens (primary N) is 1. The van der Waals surface area contributed by atoms with E-state index in [4.69, 9.17) is 88.4 Å². The average Bonchev–Trinajstić information content (AvgIpc) is 0.787. The minimum absolute atomic E-state index is 0.0116. The Bertz CT molecular complexity index is 5440. The van der Waals surface area contributed by atoms with Gasteiger partial charge in [-0.2, -0.15) is 0 Å². The molecule has 0 unspecified atom stereocenters. The molecule has 9 N–H and O–H groups in total. The van der Waals surface area contributed by atoms with Crippen molar-refractivity contribution in [3.8, 4) is 22.5 Å². The molecule has 0 fully saturated rings. The number of benzene rings is 7. The molecule has 0 atom stereocenters. The van der Waals surface area contributed by atoms with Crippen LogP contribution in [-0.4, -0.2) is 116 Å². The number of nitrogens with one attached hydrogen (secondary N) is 3.